The van der Waals surface area contributed by atoms with Crippen molar-refractivity contribution in [3.05, 3.63) is 29.3 Å². The Morgan fingerprint density at radius 1 is 1.30 bits per heavy atom. The van der Waals surface area contributed by atoms with E-state index in [1.807, 2.05) is 0 Å². The van der Waals surface area contributed by atoms with Gasteiger partial charge >= 0.3 is 6.18 Å². The molecule has 20 heavy (non-hydrogen) atoms. The molecule has 1 aromatic rings. The molecule has 0 saturated heterocycles. The zero-order valence-corrected chi connectivity index (χ0v) is 12.0. The molecule has 0 spiro atoms. The summed E-state index contributed by atoms with van der Waals surface area (Å²) in [4.78, 5) is 0. The summed E-state index contributed by atoms with van der Waals surface area (Å²) in [6, 6.07) is 3.21. The number of benzene rings is 1. The highest BCUT2D eigenvalue weighted by atomic mass is 32.2. The molecular formula is C12H17F3N2O2S. The zero-order chi connectivity index (χ0) is 15.6. The first kappa shape index (κ1) is 16.8. The van der Waals surface area contributed by atoms with Gasteiger partial charge in [0.15, 0.2) is 0 Å². The minimum absolute atomic E-state index is 0.0793. The van der Waals surface area contributed by atoms with Gasteiger partial charge < -0.3 is 5.73 Å². The Balaban J connectivity index is 3.10. The highest BCUT2D eigenvalue weighted by Crippen LogP contribution is 2.33. The van der Waals surface area contributed by atoms with E-state index >= 15 is 0 Å². The maximum Gasteiger partial charge on any atom is 0.416 e. The molecule has 0 fully saturated rings. The van der Waals surface area contributed by atoms with Gasteiger partial charge in [0.25, 0.3) is 0 Å². The van der Waals surface area contributed by atoms with Gasteiger partial charge in [-0.1, -0.05) is 19.9 Å². The van der Waals surface area contributed by atoms with Gasteiger partial charge in [0.1, 0.15) is 0 Å². The molecule has 4 nitrogen and oxygen atoms in total. The maximum atomic E-state index is 12.8. The molecule has 8 heteroatoms. The lowest BCUT2D eigenvalue weighted by Crippen LogP contribution is -2.21. The van der Waals surface area contributed by atoms with Gasteiger partial charge in [0.05, 0.1) is 11.3 Å². The predicted octanol–water partition coefficient (Wildman–Crippen LogP) is 2.56. The monoisotopic (exact) mass is 310 g/mol. The van der Waals surface area contributed by atoms with Crippen molar-refractivity contribution in [1.29, 1.82) is 0 Å². The van der Waals surface area contributed by atoms with Gasteiger partial charge in [-0.2, -0.15) is 13.2 Å². The summed E-state index contributed by atoms with van der Waals surface area (Å²) >= 11 is 0. The van der Waals surface area contributed by atoms with Crippen LogP contribution in [0.2, 0.25) is 0 Å². The van der Waals surface area contributed by atoms with Crippen molar-refractivity contribution in [1.82, 2.24) is 0 Å². The fourth-order valence-corrected chi connectivity index (χ4v) is 3.19. The number of nitrogens with two attached hydrogens (primary N) is 1. The molecule has 1 rings (SSSR count). The van der Waals surface area contributed by atoms with E-state index in [9.17, 15) is 21.6 Å². The fraction of sp³-hybridized carbons (Fsp3) is 0.500. The molecule has 3 N–H and O–H groups in total. The van der Waals surface area contributed by atoms with Crippen molar-refractivity contribution in [2.45, 2.75) is 26.6 Å². The van der Waals surface area contributed by atoms with Crippen LogP contribution in [0.15, 0.2) is 18.2 Å². The molecule has 0 aliphatic rings. The summed E-state index contributed by atoms with van der Waals surface area (Å²) in [5, 5.41) is 0. The number of hydrogen-bond acceptors (Lipinski definition) is 3. The highest BCUT2D eigenvalue weighted by Gasteiger charge is 2.33. The van der Waals surface area contributed by atoms with E-state index in [0.29, 0.717) is 0 Å². The second kappa shape index (κ2) is 6.01. The van der Waals surface area contributed by atoms with Crippen LogP contribution in [-0.2, 0) is 22.7 Å². The van der Waals surface area contributed by atoms with Gasteiger partial charge in [-0.3, -0.25) is 4.72 Å². The first-order chi connectivity index (χ1) is 9.05. The van der Waals surface area contributed by atoms with Crippen molar-refractivity contribution >= 4 is 15.7 Å². The Kier molecular flexibility index (Phi) is 5.04. The van der Waals surface area contributed by atoms with E-state index in [-0.39, 0.29) is 29.5 Å². The molecule has 0 aliphatic heterocycles. The average Bonchev–Trinajstić information content (AvgIpc) is 2.25. The largest absolute Gasteiger partial charge is 0.416 e. The second-order valence-corrected chi connectivity index (χ2v) is 6.62. The Morgan fingerprint density at radius 3 is 2.35 bits per heavy atom. The minimum Gasteiger partial charge on any atom is -0.326 e. The topological polar surface area (TPSA) is 72.2 Å². The molecule has 1 aromatic carbocycles. The standard InChI is InChI=1S/C12H17F3N2O2S/c1-8(2)7-20(18,19)17-10-4-3-9(6-16)11(5-10)12(13,14)15/h3-5,8,17H,6-7,16H2,1-2H3. The van der Waals surface area contributed by atoms with E-state index in [2.05, 4.69) is 4.72 Å². The molecular weight excluding hydrogens is 293 g/mol. The Morgan fingerprint density at radius 2 is 1.90 bits per heavy atom. The summed E-state index contributed by atoms with van der Waals surface area (Å²) in [5.74, 6) is -0.287. The number of sulfonamides is 1. The molecule has 0 bridgehead atoms. The number of alkyl halides is 3. The SMILES string of the molecule is CC(C)CS(=O)(=O)Nc1ccc(CN)c(C(F)(F)F)c1. The smallest absolute Gasteiger partial charge is 0.326 e. The molecule has 0 atom stereocenters. The quantitative estimate of drug-likeness (QED) is 0.878. The predicted molar refractivity (Wildman–Crippen MR) is 71.6 cm³/mol. The molecule has 0 saturated carbocycles. The van der Waals surface area contributed by atoms with Crippen LogP contribution >= 0.6 is 0 Å². The third-order valence-electron chi connectivity index (χ3n) is 2.46. The third-order valence-corrected chi connectivity index (χ3v) is 4.11. The van der Waals surface area contributed by atoms with Crippen LogP contribution in [0.3, 0.4) is 0 Å². The maximum absolute atomic E-state index is 12.8. The van der Waals surface area contributed by atoms with Crippen LogP contribution in [0.4, 0.5) is 18.9 Å². The van der Waals surface area contributed by atoms with Crippen LogP contribution < -0.4 is 10.5 Å². The average molecular weight is 310 g/mol. The highest BCUT2D eigenvalue weighted by molar-refractivity contribution is 7.92. The molecule has 0 amide bonds. The normalized spacial score (nSPS) is 12.8. The molecule has 0 radical (unpaired) electrons. The van der Waals surface area contributed by atoms with Crippen LogP contribution in [0.25, 0.3) is 0 Å². The van der Waals surface area contributed by atoms with Gasteiger partial charge in [0, 0.05) is 12.2 Å². The van der Waals surface area contributed by atoms with Gasteiger partial charge in [-0.15, -0.1) is 0 Å². The van der Waals surface area contributed by atoms with Crippen molar-refractivity contribution in [3.8, 4) is 0 Å². The van der Waals surface area contributed by atoms with Gasteiger partial charge in [0.2, 0.25) is 10.0 Å². The van der Waals surface area contributed by atoms with Gasteiger partial charge in [-0.05, 0) is 23.6 Å². The first-order valence-electron chi connectivity index (χ1n) is 5.96. The Hall–Kier alpha value is -1.28. The van der Waals surface area contributed by atoms with Crippen molar-refractivity contribution < 1.29 is 21.6 Å². The van der Waals surface area contributed by atoms with Crippen molar-refractivity contribution in [3.63, 3.8) is 0 Å². The number of hydrogen-bond donors (Lipinski definition) is 2. The van der Waals surface area contributed by atoms with E-state index in [1.165, 1.54) is 12.1 Å². The van der Waals surface area contributed by atoms with Crippen LogP contribution in [0.5, 0.6) is 0 Å². The summed E-state index contributed by atoms with van der Waals surface area (Å²) < 4.78 is 64.0. The van der Waals surface area contributed by atoms with Crippen molar-refractivity contribution in [2.75, 3.05) is 10.5 Å². The number of nitrogens with one attached hydrogen (secondary N) is 1. The lowest BCUT2D eigenvalue weighted by molar-refractivity contribution is -0.138. The summed E-state index contributed by atoms with van der Waals surface area (Å²) in [6.07, 6.45) is -4.58. The zero-order valence-electron chi connectivity index (χ0n) is 11.2. The van der Waals surface area contributed by atoms with E-state index in [0.717, 1.165) is 6.07 Å². The summed E-state index contributed by atoms with van der Waals surface area (Å²) in [6.45, 7) is 3.14. The summed E-state index contributed by atoms with van der Waals surface area (Å²) in [5.41, 5.74) is 4.13. The number of rotatable bonds is 5. The Bertz CT molecular complexity index is 569. The molecule has 0 aliphatic carbocycles. The molecule has 0 heterocycles. The lowest BCUT2D eigenvalue weighted by atomic mass is 10.1. The second-order valence-electron chi connectivity index (χ2n) is 4.85. The fourth-order valence-electron chi connectivity index (χ4n) is 1.74. The minimum atomic E-state index is -4.58. The molecule has 114 valence electrons. The van der Waals surface area contributed by atoms with Crippen LogP contribution in [0, 0.1) is 5.92 Å². The number of halogens is 3. The number of anilines is 1. The molecule has 0 aromatic heterocycles. The van der Waals surface area contributed by atoms with Crippen molar-refractivity contribution in [2.24, 2.45) is 11.7 Å². The first-order valence-corrected chi connectivity index (χ1v) is 7.61. The lowest BCUT2D eigenvalue weighted by Gasteiger charge is -2.15. The molecule has 0 unspecified atom stereocenters. The van der Waals surface area contributed by atoms with Crippen LogP contribution in [-0.4, -0.2) is 14.2 Å². The van der Waals surface area contributed by atoms with Gasteiger partial charge in [-0.25, -0.2) is 8.42 Å². The Labute approximate surface area is 116 Å². The van der Waals surface area contributed by atoms with E-state index in [1.54, 1.807) is 13.8 Å². The third kappa shape index (κ3) is 4.68. The van der Waals surface area contributed by atoms with E-state index in [4.69, 9.17) is 5.73 Å². The van der Waals surface area contributed by atoms with E-state index < -0.39 is 21.8 Å². The summed E-state index contributed by atoms with van der Waals surface area (Å²) in [7, 11) is -3.66. The van der Waals surface area contributed by atoms with Crippen LogP contribution in [0.1, 0.15) is 25.0 Å².